The van der Waals surface area contributed by atoms with Crippen molar-refractivity contribution in [3.63, 3.8) is 0 Å². The summed E-state index contributed by atoms with van der Waals surface area (Å²) in [7, 11) is 0. The van der Waals surface area contributed by atoms with E-state index >= 15 is 0 Å². The van der Waals surface area contributed by atoms with E-state index in [1.807, 2.05) is 42.5 Å². The molecule has 2 heterocycles. The van der Waals surface area contributed by atoms with Gasteiger partial charge >= 0.3 is 0 Å². The zero-order valence-corrected chi connectivity index (χ0v) is 27.5. The maximum atomic E-state index is 6.64. The van der Waals surface area contributed by atoms with Gasteiger partial charge in [-0.15, -0.1) is 0 Å². The van der Waals surface area contributed by atoms with Crippen LogP contribution in [-0.2, 0) is 0 Å². The molecule has 0 atom stereocenters. The van der Waals surface area contributed by atoms with Crippen molar-refractivity contribution in [2.24, 2.45) is 0 Å². The van der Waals surface area contributed by atoms with E-state index in [1.165, 1.54) is 11.1 Å². The van der Waals surface area contributed by atoms with Gasteiger partial charge in [0.2, 0.25) is 0 Å². The fourth-order valence-electron chi connectivity index (χ4n) is 7.30. The van der Waals surface area contributed by atoms with E-state index in [-0.39, 0.29) is 0 Å². The van der Waals surface area contributed by atoms with Crippen LogP contribution in [-0.4, -0.2) is 15.0 Å². The highest BCUT2D eigenvalue weighted by Crippen LogP contribution is 2.42. The van der Waals surface area contributed by atoms with Crippen LogP contribution in [0.15, 0.2) is 180 Å². The highest BCUT2D eigenvalue weighted by molar-refractivity contribution is 6.21. The summed E-state index contributed by atoms with van der Waals surface area (Å²) in [6.07, 6.45) is 0. The molecule has 0 fully saturated rings. The smallest absolute Gasteiger partial charge is 0.164 e. The van der Waals surface area contributed by atoms with Gasteiger partial charge in [0, 0.05) is 32.8 Å². The molecule has 0 amide bonds. The molecule has 0 spiro atoms. The van der Waals surface area contributed by atoms with Crippen LogP contribution >= 0.6 is 0 Å². The van der Waals surface area contributed by atoms with E-state index in [2.05, 4.69) is 133 Å². The topological polar surface area (TPSA) is 51.8 Å². The second-order valence-corrected chi connectivity index (χ2v) is 12.8. The Morgan fingerprint density at radius 1 is 0.333 bits per heavy atom. The third-order valence-corrected chi connectivity index (χ3v) is 9.73. The fraction of sp³-hybridized carbons (Fsp3) is 0. The highest BCUT2D eigenvalue weighted by atomic mass is 16.3. The minimum Gasteiger partial charge on any atom is -0.455 e. The Morgan fingerprint density at radius 2 is 0.882 bits per heavy atom. The largest absolute Gasteiger partial charge is 0.455 e. The SMILES string of the molecule is c1ccc(-c2ccc3c(c2)cc(-c2nc(-c4ccccc4)nc(-c4ccc(-c5ccccc5)c5ccccc45)n2)c2c4ccccc4oc32)cc1. The third kappa shape index (κ3) is 4.96. The van der Waals surface area contributed by atoms with Crippen molar-refractivity contribution in [3.8, 4) is 56.4 Å². The molecule has 0 aliphatic rings. The zero-order chi connectivity index (χ0) is 33.7. The van der Waals surface area contributed by atoms with Crippen LogP contribution in [0.5, 0.6) is 0 Å². The number of para-hydroxylation sites is 1. The lowest BCUT2D eigenvalue weighted by atomic mass is 9.94. The first-order valence-electron chi connectivity index (χ1n) is 17.1. The first-order chi connectivity index (χ1) is 25.3. The molecule has 0 aliphatic heterocycles. The number of benzene rings is 8. The minimum absolute atomic E-state index is 0.596. The Bertz CT molecular complexity index is 2900. The molecule has 51 heavy (non-hydrogen) atoms. The molecule has 0 N–H and O–H groups in total. The van der Waals surface area contributed by atoms with Gasteiger partial charge in [0.05, 0.1) is 0 Å². The van der Waals surface area contributed by atoms with Crippen LogP contribution in [0.4, 0.5) is 0 Å². The van der Waals surface area contributed by atoms with Gasteiger partial charge in [0.1, 0.15) is 11.2 Å². The van der Waals surface area contributed by atoms with E-state index in [9.17, 15) is 0 Å². The molecule has 8 aromatic carbocycles. The first kappa shape index (κ1) is 29.0. The van der Waals surface area contributed by atoms with Gasteiger partial charge in [-0.3, -0.25) is 0 Å². The normalized spacial score (nSPS) is 11.5. The fourth-order valence-corrected chi connectivity index (χ4v) is 7.30. The van der Waals surface area contributed by atoms with Gasteiger partial charge in [0.15, 0.2) is 17.5 Å². The molecule has 0 radical (unpaired) electrons. The Kier molecular flexibility index (Phi) is 6.78. The summed E-state index contributed by atoms with van der Waals surface area (Å²) in [6.45, 7) is 0. The molecule has 2 aromatic heterocycles. The summed E-state index contributed by atoms with van der Waals surface area (Å²) < 4.78 is 6.64. The van der Waals surface area contributed by atoms with Gasteiger partial charge in [-0.1, -0.05) is 146 Å². The summed E-state index contributed by atoms with van der Waals surface area (Å²) in [5, 5.41) is 6.35. The second-order valence-electron chi connectivity index (χ2n) is 12.8. The lowest BCUT2D eigenvalue weighted by molar-refractivity contribution is 0.672. The van der Waals surface area contributed by atoms with Crippen molar-refractivity contribution in [2.75, 3.05) is 0 Å². The Labute approximate surface area is 294 Å². The van der Waals surface area contributed by atoms with Crippen LogP contribution in [0, 0.1) is 0 Å². The molecule has 238 valence electrons. The van der Waals surface area contributed by atoms with Crippen LogP contribution in [0.25, 0.3) is 99.9 Å². The molecule has 0 saturated heterocycles. The summed E-state index contributed by atoms with van der Waals surface area (Å²) in [5.74, 6) is 1.83. The monoisotopic (exact) mass is 651 g/mol. The van der Waals surface area contributed by atoms with Crippen molar-refractivity contribution in [1.82, 2.24) is 15.0 Å². The Hall–Kier alpha value is -6.91. The van der Waals surface area contributed by atoms with Crippen LogP contribution in [0.3, 0.4) is 0 Å². The predicted octanol–water partition coefficient (Wildman–Crippen LogP) is 12.4. The van der Waals surface area contributed by atoms with Crippen molar-refractivity contribution in [1.29, 1.82) is 0 Å². The molecule has 4 heteroatoms. The summed E-state index contributed by atoms with van der Waals surface area (Å²) in [6, 6.07) is 61.0. The van der Waals surface area contributed by atoms with E-state index in [4.69, 9.17) is 19.4 Å². The maximum Gasteiger partial charge on any atom is 0.164 e. The van der Waals surface area contributed by atoms with E-state index in [0.29, 0.717) is 17.5 Å². The number of aromatic nitrogens is 3. The molecule has 0 bridgehead atoms. The summed E-state index contributed by atoms with van der Waals surface area (Å²) >= 11 is 0. The van der Waals surface area contributed by atoms with Crippen molar-refractivity contribution in [2.45, 2.75) is 0 Å². The van der Waals surface area contributed by atoms with Crippen molar-refractivity contribution in [3.05, 3.63) is 176 Å². The highest BCUT2D eigenvalue weighted by Gasteiger charge is 2.21. The van der Waals surface area contributed by atoms with Gasteiger partial charge in [-0.25, -0.2) is 15.0 Å². The van der Waals surface area contributed by atoms with Crippen LogP contribution in [0.2, 0.25) is 0 Å². The molecule has 0 saturated carbocycles. The molecule has 10 aromatic rings. The van der Waals surface area contributed by atoms with Crippen molar-refractivity contribution >= 4 is 43.5 Å². The number of hydrogen-bond donors (Lipinski definition) is 0. The number of fused-ring (bicyclic) bond motifs is 6. The Balaban J connectivity index is 1.27. The quantitative estimate of drug-likeness (QED) is 0.186. The molecule has 0 unspecified atom stereocenters. The van der Waals surface area contributed by atoms with Crippen LogP contribution in [0.1, 0.15) is 0 Å². The lowest BCUT2D eigenvalue weighted by Crippen LogP contribution is -2.01. The molecular weight excluding hydrogens is 623 g/mol. The molecular formula is C47H29N3O. The lowest BCUT2D eigenvalue weighted by Gasteiger charge is -2.14. The number of rotatable bonds is 5. The predicted molar refractivity (Wildman–Crippen MR) is 209 cm³/mol. The Morgan fingerprint density at radius 3 is 1.61 bits per heavy atom. The van der Waals surface area contributed by atoms with Gasteiger partial charge in [-0.2, -0.15) is 0 Å². The molecule has 4 nitrogen and oxygen atoms in total. The van der Waals surface area contributed by atoms with E-state index in [1.54, 1.807) is 0 Å². The maximum absolute atomic E-state index is 6.64. The van der Waals surface area contributed by atoms with E-state index < -0.39 is 0 Å². The number of nitrogens with zero attached hydrogens (tertiary/aromatic N) is 3. The summed E-state index contributed by atoms with van der Waals surface area (Å²) in [5.41, 5.74) is 9.06. The van der Waals surface area contributed by atoms with E-state index in [0.717, 1.165) is 71.3 Å². The van der Waals surface area contributed by atoms with Crippen molar-refractivity contribution < 1.29 is 4.42 Å². The summed E-state index contributed by atoms with van der Waals surface area (Å²) in [4.78, 5) is 15.7. The average Bonchev–Trinajstić information content (AvgIpc) is 3.61. The van der Waals surface area contributed by atoms with Gasteiger partial charge in [0.25, 0.3) is 0 Å². The second kappa shape index (κ2) is 11.9. The standard InChI is InChI=1S/C47H29N3O/c1-4-14-30(15-5-1)33-24-25-36-34(28-33)29-41(43-40-22-12-13-23-42(40)51-44(36)43)47-49-45(32-18-8-3-9-19-32)48-46(50-47)39-27-26-35(31-16-6-2-7-17-31)37-20-10-11-21-38(37)39/h1-29H. The average molecular weight is 652 g/mol. The zero-order valence-electron chi connectivity index (χ0n) is 27.5. The van der Waals surface area contributed by atoms with Gasteiger partial charge < -0.3 is 4.42 Å². The number of hydrogen-bond acceptors (Lipinski definition) is 4. The first-order valence-corrected chi connectivity index (χ1v) is 17.1. The minimum atomic E-state index is 0.596. The molecule has 10 rings (SSSR count). The third-order valence-electron chi connectivity index (χ3n) is 9.73. The molecule has 0 aliphatic carbocycles. The van der Waals surface area contributed by atoms with Gasteiger partial charge in [-0.05, 0) is 68.7 Å². The number of furan rings is 1. The van der Waals surface area contributed by atoms with Crippen LogP contribution < -0.4 is 0 Å².